The van der Waals surface area contributed by atoms with Crippen molar-refractivity contribution in [3.8, 4) is 10.6 Å². The van der Waals surface area contributed by atoms with E-state index in [9.17, 15) is 4.79 Å². The molecule has 5 heteroatoms. The Labute approximate surface area is 155 Å². The van der Waals surface area contributed by atoms with E-state index >= 15 is 0 Å². The number of hydrogen-bond donors (Lipinski definition) is 2. The van der Waals surface area contributed by atoms with Gasteiger partial charge in [-0.15, -0.1) is 11.3 Å². The first-order valence-corrected chi connectivity index (χ1v) is 9.44. The number of nitrogens with zero attached hydrogens (tertiary/aromatic N) is 1. The number of benzene rings is 2. The van der Waals surface area contributed by atoms with Crippen molar-refractivity contribution in [2.75, 3.05) is 6.54 Å². The number of aryl methyl sites for hydroxylation is 1. The Balaban J connectivity index is 1.36. The molecule has 2 aromatic carbocycles. The Kier molecular flexibility index (Phi) is 4.54. The smallest absolute Gasteiger partial charge is 0.267 e. The first-order chi connectivity index (χ1) is 12.7. The molecule has 0 unspecified atom stereocenters. The molecule has 0 bridgehead atoms. The Morgan fingerprint density at radius 1 is 1.15 bits per heavy atom. The van der Waals surface area contributed by atoms with Gasteiger partial charge in [-0.3, -0.25) is 4.79 Å². The highest BCUT2D eigenvalue weighted by molar-refractivity contribution is 7.13. The number of carbonyl (C=O) groups excluding carboxylic acids is 1. The average molecular weight is 361 g/mol. The van der Waals surface area contributed by atoms with Gasteiger partial charge < -0.3 is 10.3 Å². The Hall–Kier alpha value is -2.92. The second kappa shape index (κ2) is 7.14. The quantitative estimate of drug-likeness (QED) is 0.547. The summed E-state index contributed by atoms with van der Waals surface area (Å²) in [6.07, 6.45) is 0.717. The molecule has 0 radical (unpaired) electrons. The van der Waals surface area contributed by atoms with Crippen LogP contribution >= 0.6 is 11.3 Å². The first-order valence-electron chi connectivity index (χ1n) is 8.56. The van der Waals surface area contributed by atoms with Crippen molar-refractivity contribution in [1.29, 1.82) is 0 Å². The zero-order valence-electron chi connectivity index (χ0n) is 14.5. The number of amides is 1. The maximum atomic E-state index is 12.3. The predicted molar refractivity (Wildman–Crippen MR) is 107 cm³/mol. The third-order valence-corrected chi connectivity index (χ3v) is 5.23. The third-order valence-electron chi connectivity index (χ3n) is 4.29. The van der Waals surface area contributed by atoms with Gasteiger partial charge in [-0.25, -0.2) is 4.98 Å². The lowest BCUT2D eigenvalue weighted by atomic mass is 10.2. The number of rotatable bonds is 5. The molecule has 4 nitrogen and oxygen atoms in total. The minimum absolute atomic E-state index is 0.0878. The molecule has 0 atom stereocenters. The monoisotopic (exact) mass is 361 g/mol. The van der Waals surface area contributed by atoms with Crippen LogP contribution in [0.1, 0.15) is 21.7 Å². The highest BCUT2D eigenvalue weighted by Gasteiger charge is 2.09. The number of nitrogens with one attached hydrogen (secondary N) is 2. The van der Waals surface area contributed by atoms with Crippen molar-refractivity contribution in [3.63, 3.8) is 0 Å². The highest BCUT2D eigenvalue weighted by atomic mass is 32.1. The van der Waals surface area contributed by atoms with E-state index in [0.29, 0.717) is 18.7 Å². The summed E-state index contributed by atoms with van der Waals surface area (Å²) in [5.74, 6) is -0.0878. The number of thiazole rings is 1. The molecule has 130 valence electrons. The van der Waals surface area contributed by atoms with Crippen LogP contribution in [-0.4, -0.2) is 22.4 Å². The molecule has 4 rings (SSSR count). The lowest BCUT2D eigenvalue weighted by molar-refractivity contribution is 0.0950. The third kappa shape index (κ3) is 3.53. The molecule has 2 aromatic heterocycles. The predicted octanol–water partition coefficient (Wildman–Crippen LogP) is 4.57. The number of para-hydroxylation sites is 1. The Morgan fingerprint density at radius 3 is 2.77 bits per heavy atom. The van der Waals surface area contributed by atoms with Gasteiger partial charge in [0.15, 0.2) is 0 Å². The molecule has 2 N–H and O–H groups in total. The number of fused-ring (bicyclic) bond motifs is 1. The van der Waals surface area contributed by atoms with E-state index in [0.717, 1.165) is 27.2 Å². The van der Waals surface area contributed by atoms with Crippen molar-refractivity contribution in [2.24, 2.45) is 0 Å². The molecule has 0 aliphatic rings. The van der Waals surface area contributed by atoms with Crippen molar-refractivity contribution in [2.45, 2.75) is 13.3 Å². The molecule has 2 heterocycles. The summed E-state index contributed by atoms with van der Waals surface area (Å²) in [7, 11) is 0. The van der Waals surface area contributed by atoms with Gasteiger partial charge in [-0.05, 0) is 19.1 Å². The van der Waals surface area contributed by atoms with Crippen molar-refractivity contribution >= 4 is 28.1 Å². The van der Waals surface area contributed by atoms with Gasteiger partial charge >= 0.3 is 0 Å². The van der Waals surface area contributed by atoms with Gasteiger partial charge in [-0.1, -0.05) is 48.0 Å². The number of aromatic amines is 1. The minimum atomic E-state index is -0.0878. The molecular formula is C21H19N3OS. The fraction of sp³-hybridized carbons (Fsp3) is 0.143. The molecule has 0 saturated heterocycles. The lowest BCUT2D eigenvalue weighted by Crippen LogP contribution is -2.26. The molecule has 26 heavy (non-hydrogen) atoms. The molecule has 0 fully saturated rings. The minimum Gasteiger partial charge on any atom is -0.351 e. The first kappa shape index (κ1) is 16.5. The SMILES string of the molecule is Cc1ccc(-c2nc(CCNC(=O)c3cc4ccccc4[nH]3)cs2)cc1. The molecular weight excluding hydrogens is 342 g/mol. The molecule has 1 amide bonds. The zero-order valence-corrected chi connectivity index (χ0v) is 15.3. The van der Waals surface area contributed by atoms with Gasteiger partial charge in [0.25, 0.3) is 5.91 Å². The van der Waals surface area contributed by atoms with Gasteiger partial charge in [0.2, 0.25) is 0 Å². The zero-order chi connectivity index (χ0) is 17.9. The molecule has 0 saturated carbocycles. The van der Waals surface area contributed by atoms with Crippen LogP contribution in [0.15, 0.2) is 60.0 Å². The van der Waals surface area contributed by atoms with E-state index in [1.54, 1.807) is 11.3 Å². The van der Waals surface area contributed by atoms with Crippen LogP contribution in [0.25, 0.3) is 21.5 Å². The fourth-order valence-corrected chi connectivity index (χ4v) is 3.71. The van der Waals surface area contributed by atoms with E-state index in [1.807, 2.05) is 30.3 Å². The topological polar surface area (TPSA) is 57.8 Å². The van der Waals surface area contributed by atoms with Crippen LogP contribution in [0.5, 0.6) is 0 Å². The lowest BCUT2D eigenvalue weighted by Gasteiger charge is -2.02. The second-order valence-corrected chi connectivity index (χ2v) is 7.14. The van der Waals surface area contributed by atoms with Crippen LogP contribution in [0.2, 0.25) is 0 Å². The van der Waals surface area contributed by atoms with E-state index in [1.165, 1.54) is 5.56 Å². The van der Waals surface area contributed by atoms with Crippen molar-refractivity contribution in [1.82, 2.24) is 15.3 Å². The van der Waals surface area contributed by atoms with Gasteiger partial charge in [-0.2, -0.15) is 0 Å². The average Bonchev–Trinajstić information content (AvgIpc) is 3.29. The summed E-state index contributed by atoms with van der Waals surface area (Å²) < 4.78 is 0. The summed E-state index contributed by atoms with van der Waals surface area (Å²) in [6.45, 7) is 2.64. The normalized spacial score (nSPS) is 11.0. The van der Waals surface area contributed by atoms with Crippen LogP contribution in [0.3, 0.4) is 0 Å². The number of hydrogen-bond acceptors (Lipinski definition) is 3. The number of H-pyrrole nitrogens is 1. The summed E-state index contributed by atoms with van der Waals surface area (Å²) in [6, 6.07) is 18.1. The van der Waals surface area contributed by atoms with Crippen LogP contribution in [0.4, 0.5) is 0 Å². The second-order valence-electron chi connectivity index (χ2n) is 6.29. The standard InChI is InChI=1S/C21H19N3OS/c1-14-6-8-15(9-7-14)21-23-17(13-26-21)10-11-22-20(25)19-12-16-4-2-3-5-18(16)24-19/h2-9,12-13,24H,10-11H2,1H3,(H,22,25). The summed E-state index contributed by atoms with van der Waals surface area (Å²) in [5, 5.41) is 7.08. The highest BCUT2D eigenvalue weighted by Crippen LogP contribution is 2.24. The van der Waals surface area contributed by atoms with Crippen molar-refractivity contribution in [3.05, 3.63) is 76.9 Å². The van der Waals surface area contributed by atoms with Gasteiger partial charge in [0, 0.05) is 34.8 Å². The summed E-state index contributed by atoms with van der Waals surface area (Å²) >= 11 is 1.64. The number of aromatic nitrogens is 2. The van der Waals surface area contributed by atoms with E-state index in [2.05, 4.69) is 51.9 Å². The molecule has 0 spiro atoms. The van der Waals surface area contributed by atoms with Crippen LogP contribution in [0, 0.1) is 6.92 Å². The summed E-state index contributed by atoms with van der Waals surface area (Å²) in [5.41, 5.74) is 4.94. The largest absolute Gasteiger partial charge is 0.351 e. The Bertz CT molecular complexity index is 1010. The van der Waals surface area contributed by atoms with Crippen molar-refractivity contribution < 1.29 is 4.79 Å². The van der Waals surface area contributed by atoms with Crippen LogP contribution < -0.4 is 5.32 Å². The summed E-state index contributed by atoms with van der Waals surface area (Å²) in [4.78, 5) is 20.1. The van der Waals surface area contributed by atoms with E-state index in [-0.39, 0.29) is 5.91 Å². The van der Waals surface area contributed by atoms with Crippen LogP contribution in [-0.2, 0) is 6.42 Å². The number of carbonyl (C=O) groups is 1. The maximum Gasteiger partial charge on any atom is 0.267 e. The van der Waals surface area contributed by atoms with E-state index < -0.39 is 0 Å². The molecule has 0 aliphatic heterocycles. The molecule has 0 aliphatic carbocycles. The fourth-order valence-electron chi connectivity index (χ4n) is 2.85. The molecule has 4 aromatic rings. The Morgan fingerprint density at radius 2 is 1.96 bits per heavy atom. The maximum absolute atomic E-state index is 12.3. The van der Waals surface area contributed by atoms with Gasteiger partial charge in [0.1, 0.15) is 10.7 Å². The van der Waals surface area contributed by atoms with Gasteiger partial charge in [0.05, 0.1) is 5.69 Å². The van der Waals surface area contributed by atoms with E-state index in [4.69, 9.17) is 0 Å².